The van der Waals surface area contributed by atoms with E-state index in [2.05, 4.69) is 94.8 Å². The monoisotopic (exact) mass is 678 g/mol. The molecule has 1 aliphatic heterocycles. The van der Waals surface area contributed by atoms with Crippen LogP contribution in [0.1, 0.15) is 57.6 Å². The zero-order valence-corrected chi connectivity index (χ0v) is 28.9. The number of aliphatic hydroxyl groups is 1. The number of aromatic nitrogens is 2. The number of amides is 1. The average molecular weight is 679 g/mol. The Bertz CT molecular complexity index is 2070. The van der Waals surface area contributed by atoms with E-state index in [9.17, 15) is 9.90 Å². The van der Waals surface area contributed by atoms with E-state index in [-0.39, 0.29) is 36.3 Å². The van der Waals surface area contributed by atoms with E-state index in [1.165, 1.54) is 11.8 Å². The molecule has 1 aromatic heterocycles. The average Bonchev–Trinajstić information content (AvgIpc) is 3.18. The lowest BCUT2D eigenvalue weighted by Gasteiger charge is -2.42. The number of hydrogen-bond donors (Lipinski definition) is 2. The normalized spacial score (nSPS) is 18.9. The Morgan fingerprint density at radius 2 is 1.47 bits per heavy atom. The number of rotatable bonds is 11. The molecule has 5 aromatic carbocycles. The van der Waals surface area contributed by atoms with Crippen LogP contribution in [0.15, 0.2) is 134 Å². The molecule has 8 heteroatoms. The number of fused-ring (bicyclic) bond motifs is 1. The number of nitrogens with zero attached hydrogens (tertiary/aromatic N) is 3. The molecule has 0 aliphatic carbocycles. The van der Waals surface area contributed by atoms with Crippen LogP contribution in [0.25, 0.3) is 22.2 Å². The van der Waals surface area contributed by atoms with Gasteiger partial charge in [0.2, 0.25) is 0 Å². The van der Waals surface area contributed by atoms with Crippen molar-refractivity contribution in [2.45, 2.75) is 45.1 Å². The summed E-state index contributed by atoms with van der Waals surface area (Å²) in [5.74, 6) is -0.174. The number of ether oxygens (including phenoxy) is 2. The van der Waals surface area contributed by atoms with Gasteiger partial charge in [-0.25, -0.2) is 4.98 Å². The van der Waals surface area contributed by atoms with Crippen molar-refractivity contribution in [3.8, 4) is 11.1 Å². The summed E-state index contributed by atoms with van der Waals surface area (Å²) in [4.78, 5) is 24.0. The highest BCUT2D eigenvalue weighted by molar-refractivity contribution is 5.93. The predicted molar refractivity (Wildman–Crippen MR) is 198 cm³/mol. The smallest absolute Gasteiger partial charge is 0.271 e. The fourth-order valence-corrected chi connectivity index (χ4v) is 6.63. The van der Waals surface area contributed by atoms with Gasteiger partial charge in [0.05, 0.1) is 36.0 Å². The minimum Gasteiger partial charge on any atom is -0.392 e. The first kappa shape index (κ1) is 34.2. The standard InChI is InChI=1S/C43H42N4O4/c1-29-40(27-47(2)26-30-9-4-3-5-10-30)50-43(51-41(29)34-17-15-31(28-48)16-18-34)35-21-19-33(20-22-35)36-12-8-11-32(23-36)24-45-42(49)39-25-44-37-13-6-7-14-38(37)46-39/h3-23,25,29,40-41,43,48H,24,26-28H2,1-2H3,(H,45,49)/t29-,40+,41+,43+/m0/s1. The zero-order valence-electron chi connectivity index (χ0n) is 28.9. The maximum atomic E-state index is 12.9. The van der Waals surface area contributed by atoms with Gasteiger partial charge in [0.25, 0.3) is 5.91 Å². The number of hydrogen-bond acceptors (Lipinski definition) is 7. The molecule has 0 unspecified atom stereocenters. The summed E-state index contributed by atoms with van der Waals surface area (Å²) in [5, 5.41) is 12.6. The van der Waals surface area contributed by atoms with Crippen LogP contribution in [0.2, 0.25) is 0 Å². The molecule has 258 valence electrons. The summed E-state index contributed by atoms with van der Waals surface area (Å²) >= 11 is 0. The van der Waals surface area contributed by atoms with Gasteiger partial charge in [-0.05, 0) is 58.6 Å². The first-order chi connectivity index (χ1) is 24.9. The number of nitrogens with one attached hydrogen (secondary N) is 1. The second-order valence-electron chi connectivity index (χ2n) is 13.3. The third kappa shape index (κ3) is 8.22. The molecule has 6 aromatic rings. The zero-order chi connectivity index (χ0) is 35.2. The van der Waals surface area contributed by atoms with Crippen molar-refractivity contribution in [2.24, 2.45) is 5.92 Å². The Morgan fingerprint density at radius 1 is 0.765 bits per heavy atom. The van der Waals surface area contributed by atoms with E-state index in [4.69, 9.17) is 9.47 Å². The maximum Gasteiger partial charge on any atom is 0.271 e. The summed E-state index contributed by atoms with van der Waals surface area (Å²) in [7, 11) is 2.13. The molecule has 0 radical (unpaired) electrons. The third-order valence-electron chi connectivity index (χ3n) is 9.49. The molecule has 0 saturated carbocycles. The molecule has 1 fully saturated rings. The predicted octanol–water partition coefficient (Wildman–Crippen LogP) is 7.64. The SMILES string of the molecule is C[C@H]1[C@@H](CN(C)Cc2ccccc2)O[C@@H](c2ccc(-c3cccc(CNC(=O)c4cnc5ccccc5n4)c3)cc2)O[C@H]1c1ccc(CO)cc1. The van der Waals surface area contributed by atoms with Crippen molar-refractivity contribution < 1.29 is 19.4 Å². The van der Waals surface area contributed by atoms with Crippen LogP contribution in [-0.2, 0) is 29.2 Å². The lowest BCUT2D eigenvalue weighted by Crippen LogP contribution is -2.43. The first-order valence-electron chi connectivity index (χ1n) is 17.4. The molecule has 51 heavy (non-hydrogen) atoms. The second-order valence-corrected chi connectivity index (χ2v) is 13.3. The number of para-hydroxylation sites is 2. The van der Waals surface area contributed by atoms with Gasteiger partial charge in [0.15, 0.2) is 6.29 Å². The van der Waals surface area contributed by atoms with Crippen LogP contribution in [0, 0.1) is 5.92 Å². The third-order valence-corrected chi connectivity index (χ3v) is 9.49. The summed E-state index contributed by atoms with van der Waals surface area (Å²) in [5.41, 5.74) is 8.93. The minimum absolute atomic E-state index is 0.00437. The molecule has 7 rings (SSSR count). The van der Waals surface area contributed by atoms with E-state index < -0.39 is 6.29 Å². The van der Waals surface area contributed by atoms with Gasteiger partial charge in [0, 0.05) is 31.1 Å². The maximum absolute atomic E-state index is 12.9. The van der Waals surface area contributed by atoms with Crippen molar-refractivity contribution in [3.63, 3.8) is 0 Å². The fourth-order valence-electron chi connectivity index (χ4n) is 6.63. The topological polar surface area (TPSA) is 96.8 Å². The molecule has 1 saturated heterocycles. The molecule has 0 bridgehead atoms. The van der Waals surface area contributed by atoms with Crippen molar-refractivity contribution >= 4 is 16.9 Å². The highest BCUT2D eigenvalue weighted by atomic mass is 16.7. The van der Waals surface area contributed by atoms with Crippen LogP contribution in [0.4, 0.5) is 0 Å². The highest BCUT2D eigenvalue weighted by Gasteiger charge is 2.38. The van der Waals surface area contributed by atoms with Crippen LogP contribution in [-0.4, -0.2) is 45.6 Å². The minimum atomic E-state index is -0.548. The molecule has 2 N–H and O–H groups in total. The molecule has 4 atom stereocenters. The molecule has 2 heterocycles. The van der Waals surface area contributed by atoms with Gasteiger partial charge in [-0.1, -0.05) is 116 Å². The summed E-state index contributed by atoms with van der Waals surface area (Å²) in [6.07, 6.45) is 0.703. The van der Waals surface area contributed by atoms with Gasteiger partial charge < -0.3 is 19.9 Å². The van der Waals surface area contributed by atoms with Crippen molar-refractivity contribution in [2.75, 3.05) is 13.6 Å². The van der Waals surface area contributed by atoms with E-state index in [0.29, 0.717) is 12.1 Å². The van der Waals surface area contributed by atoms with Crippen molar-refractivity contribution in [3.05, 3.63) is 167 Å². The molecule has 8 nitrogen and oxygen atoms in total. The first-order valence-corrected chi connectivity index (χ1v) is 17.4. The lowest BCUT2D eigenvalue weighted by molar-refractivity contribution is -0.276. The van der Waals surface area contributed by atoms with Crippen molar-refractivity contribution in [1.82, 2.24) is 20.2 Å². The number of carbonyl (C=O) groups is 1. The van der Waals surface area contributed by atoms with E-state index >= 15 is 0 Å². The molecular formula is C43H42N4O4. The van der Waals surface area contributed by atoms with E-state index in [1.54, 1.807) is 0 Å². The number of carbonyl (C=O) groups excluding carboxylic acids is 1. The molecular weight excluding hydrogens is 636 g/mol. The Kier molecular flexibility index (Phi) is 10.6. The lowest BCUT2D eigenvalue weighted by atomic mass is 9.90. The Labute approximate surface area is 298 Å². The quantitative estimate of drug-likeness (QED) is 0.145. The number of likely N-dealkylation sites (N-methyl/N-ethyl adjacent to an activating group) is 1. The van der Waals surface area contributed by atoms with Crippen LogP contribution in [0.3, 0.4) is 0 Å². The number of aliphatic hydroxyl groups excluding tert-OH is 1. The van der Waals surface area contributed by atoms with Gasteiger partial charge in [-0.3, -0.25) is 14.7 Å². The summed E-state index contributed by atoms with van der Waals surface area (Å²) < 4.78 is 13.4. The Morgan fingerprint density at radius 3 is 2.24 bits per heavy atom. The second kappa shape index (κ2) is 15.7. The fraction of sp³-hybridized carbons (Fsp3) is 0.233. The molecule has 0 spiro atoms. The van der Waals surface area contributed by atoms with Crippen LogP contribution >= 0.6 is 0 Å². The summed E-state index contributed by atoms with van der Waals surface area (Å²) in [6.45, 7) is 4.13. The van der Waals surface area contributed by atoms with Crippen LogP contribution < -0.4 is 5.32 Å². The highest BCUT2D eigenvalue weighted by Crippen LogP contribution is 2.42. The largest absolute Gasteiger partial charge is 0.392 e. The van der Waals surface area contributed by atoms with E-state index in [1.807, 2.05) is 66.7 Å². The Balaban J connectivity index is 1.05. The van der Waals surface area contributed by atoms with Crippen LogP contribution in [0.5, 0.6) is 0 Å². The van der Waals surface area contributed by atoms with E-state index in [0.717, 1.165) is 52.0 Å². The number of benzene rings is 5. The van der Waals surface area contributed by atoms with Gasteiger partial charge in [0.1, 0.15) is 5.69 Å². The summed E-state index contributed by atoms with van der Waals surface area (Å²) in [6, 6.07) is 42.4. The van der Waals surface area contributed by atoms with Gasteiger partial charge in [-0.15, -0.1) is 0 Å². The Hall–Kier alpha value is -5.25. The molecule has 1 amide bonds. The van der Waals surface area contributed by atoms with Gasteiger partial charge >= 0.3 is 0 Å². The van der Waals surface area contributed by atoms with Gasteiger partial charge in [-0.2, -0.15) is 0 Å². The molecule has 1 aliphatic rings. The van der Waals surface area contributed by atoms with Crippen molar-refractivity contribution in [1.29, 1.82) is 0 Å².